The molecule has 3 nitrogen and oxygen atoms in total. The zero-order valence-electron chi connectivity index (χ0n) is 15.9. The maximum absolute atomic E-state index is 14.4. The number of benzene rings is 1. The van der Waals surface area contributed by atoms with Crippen LogP contribution < -0.4 is 0 Å². The smallest absolute Gasteiger partial charge is 0.127 e. The molecule has 1 aromatic rings. The van der Waals surface area contributed by atoms with E-state index in [1.54, 1.807) is 12.1 Å². The molecule has 5 heteroatoms. The van der Waals surface area contributed by atoms with Crippen molar-refractivity contribution in [3.05, 3.63) is 34.6 Å². The number of halogens is 2. The van der Waals surface area contributed by atoms with Crippen molar-refractivity contribution in [1.82, 2.24) is 9.80 Å². The maximum Gasteiger partial charge on any atom is 0.127 e. The van der Waals surface area contributed by atoms with Crippen LogP contribution in [0.2, 0.25) is 5.02 Å². The molecule has 1 aliphatic heterocycles. The molecule has 0 spiro atoms. The van der Waals surface area contributed by atoms with Crippen molar-refractivity contribution >= 4 is 11.6 Å². The predicted octanol–water partition coefficient (Wildman–Crippen LogP) is 3.97. The van der Waals surface area contributed by atoms with E-state index in [1.165, 1.54) is 12.5 Å². The van der Waals surface area contributed by atoms with Gasteiger partial charge in [0, 0.05) is 55.6 Å². The molecule has 0 amide bonds. The zero-order chi connectivity index (χ0) is 18.6. The predicted molar refractivity (Wildman–Crippen MR) is 105 cm³/mol. The lowest BCUT2D eigenvalue weighted by molar-refractivity contribution is -0.0517. The van der Waals surface area contributed by atoms with E-state index in [2.05, 4.69) is 16.8 Å². The first-order valence-electron chi connectivity index (χ1n) is 10.0. The third kappa shape index (κ3) is 4.98. The van der Waals surface area contributed by atoms with E-state index >= 15 is 0 Å². The number of hydrogen-bond acceptors (Lipinski definition) is 3. The third-order valence-electron chi connectivity index (χ3n) is 6.29. The first kappa shape index (κ1) is 20.1. The maximum atomic E-state index is 14.4. The zero-order valence-corrected chi connectivity index (χ0v) is 16.6. The van der Waals surface area contributed by atoms with Gasteiger partial charge >= 0.3 is 0 Å². The van der Waals surface area contributed by atoms with Gasteiger partial charge in [0.15, 0.2) is 0 Å². The van der Waals surface area contributed by atoms with Gasteiger partial charge in [0.1, 0.15) is 5.82 Å². The molecular formula is C21H32ClFN2O. The molecular weight excluding hydrogens is 351 g/mol. The molecule has 0 aromatic heterocycles. The lowest BCUT2D eigenvalue weighted by atomic mass is 9.74. The molecule has 1 heterocycles. The van der Waals surface area contributed by atoms with E-state index in [9.17, 15) is 9.50 Å². The number of nitrogens with zero attached hydrogens (tertiary/aromatic N) is 2. The summed E-state index contributed by atoms with van der Waals surface area (Å²) >= 11 is 6.27. The topological polar surface area (TPSA) is 26.7 Å². The SMILES string of the molecule is CN1CCN(CC2CCCCCCC2(O)Cc2c(F)cccc2Cl)CC1. The van der Waals surface area contributed by atoms with Crippen LogP contribution in [0.5, 0.6) is 0 Å². The minimum Gasteiger partial charge on any atom is -0.389 e. The molecule has 2 fully saturated rings. The summed E-state index contributed by atoms with van der Waals surface area (Å²) in [6.45, 7) is 5.14. The molecule has 1 aliphatic carbocycles. The lowest BCUT2D eigenvalue weighted by Gasteiger charge is -2.42. The Bertz CT molecular complexity index is 571. The van der Waals surface area contributed by atoms with Gasteiger partial charge in [0.25, 0.3) is 0 Å². The van der Waals surface area contributed by atoms with Crippen LogP contribution in [0.25, 0.3) is 0 Å². The minimum atomic E-state index is -0.879. The molecule has 2 unspecified atom stereocenters. The molecule has 1 aromatic carbocycles. The Hall–Kier alpha value is -0.680. The van der Waals surface area contributed by atoms with Crippen molar-refractivity contribution in [3.8, 4) is 0 Å². The van der Waals surface area contributed by atoms with Crippen LogP contribution in [0.4, 0.5) is 4.39 Å². The molecule has 2 aliphatic rings. The third-order valence-corrected chi connectivity index (χ3v) is 6.65. The van der Waals surface area contributed by atoms with Gasteiger partial charge in [0.2, 0.25) is 0 Å². The Kier molecular flexibility index (Phi) is 6.95. The molecule has 1 saturated heterocycles. The summed E-state index contributed by atoms with van der Waals surface area (Å²) in [6, 6.07) is 4.80. The van der Waals surface area contributed by atoms with E-state index in [4.69, 9.17) is 11.6 Å². The Balaban J connectivity index is 1.78. The van der Waals surface area contributed by atoms with Crippen molar-refractivity contribution in [2.45, 2.75) is 50.5 Å². The minimum absolute atomic E-state index is 0.168. The number of likely N-dealkylation sites (N-methyl/N-ethyl adjacent to an activating group) is 1. The summed E-state index contributed by atoms with van der Waals surface area (Å²) in [7, 11) is 2.16. The summed E-state index contributed by atoms with van der Waals surface area (Å²) in [5.41, 5.74) is -0.407. The fraction of sp³-hybridized carbons (Fsp3) is 0.714. The highest BCUT2D eigenvalue weighted by Gasteiger charge is 2.39. The quantitative estimate of drug-likeness (QED) is 0.853. The van der Waals surface area contributed by atoms with Gasteiger partial charge in [0.05, 0.1) is 5.60 Å². The number of rotatable bonds is 4. The number of aliphatic hydroxyl groups is 1. The van der Waals surface area contributed by atoms with Gasteiger partial charge in [-0.15, -0.1) is 0 Å². The average Bonchev–Trinajstić information content (AvgIpc) is 2.60. The molecule has 26 heavy (non-hydrogen) atoms. The lowest BCUT2D eigenvalue weighted by Crippen LogP contribution is -2.51. The summed E-state index contributed by atoms with van der Waals surface area (Å²) in [5, 5.41) is 12.1. The van der Waals surface area contributed by atoms with Crippen LogP contribution in [-0.4, -0.2) is 60.3 Å². The molecule has 1 saturated carbocycles. The van der Waals surface area contributed by atoms with Gasteiger partial charge in [-0.05, 0) is 32.0 Å². The van der Waals surface area contributed by atoms with E-state index in [-0.39, 0.29) is 11.7 Å². The highest BCUT2D eigenvalue weighted by Crippen LogP contribution is 2.37. The van der Waals surface area contributed by atoms with Crippen LogP contribution in [0.1, 0.15) is 44.1 Å². The van der Waals surface area contributed by atoms with Crippen molar-refractivity contribution in [3.63, 3.8) is 0 Å². The molecule has 146 valence electrons. The average molecular weight is 383 g/mol. The standard InChI is InChI=1S/C21H32ClFN2O/c1-24-11-13-25(14-12-24)16-17-7-4-2-3-5-10-21(17,26)15-18-19(22)8-6-9-20(18)23/h6,8-9,17,26H,2-5,7,10-16H2,1H3. The van der Waals surface area contributed by atoms with Gasteiger partial charge < -0.3 is 14.9 Å². The Morgan fingerprint density at radius 2 is 1.88 bits per heavy atom. The number of hydrogen-bond donors (Lipinski definition) is 1. The van der Waals surface area contributed by atoms with Crippen molar-refractivity contribution in [2.24, 2.45) is 5.92 Å². The molecule has 2 atom stereocenters. The van der Waals surface area contributed by atoms with Gasteiger partial charge in [-0.3, -0.25) is 0 Å². The van der Waals surface area contributed by atoms with Gasteiger partial charge in [-0.25, -0.2) is 4.39 Å². The summed E-state index contributed by atoms with van der Waals surface area (Å²) < 4.78 is 14.4. The molecule has 0 bridgehead atoms. The fourth-order valence-electron chi connectivity index (χ4n) is 4.49. The van der Waals surface area contributed by atoms with Crippen molar-refractivity contribution in [2.75, 3.05) is 39.8 Å². The van der Waals surface area contributed by atoms with Crippen LogP contribution in [0, 0.1) is 11.7 Å². The van der Waals surface area contributed by atoms with Crippen LogP contribution in [-0.2, 0) is 6.42 Å². The second kappa shape index (κ2) is 9.01. The largest absolute Gasteiger partial charge is 0.389 e. The Labute approximate surface area is 162 Å². The van der Waals surface area contributed by atoms with E-state index in [0.29, 0.717) is 17.0 Å². The first-order chi connectivity index (χ1) is 12.5. The highest BCUT2D eigenvalue weighted by atomic mass is 35.5. The molecule has 3 rings (SSSR count). The monoisotopic (exact) mass is 382 g/mol. The second-order valence-electron chi connectivity index (χ2n) is 8.23. The van der Waals surface area contributed by atoms with E-state index in [0.717, 1.165) is 64.8 Å². The van der Waals surface area contributed by atoms with Gasteiger partial charge in [-0.2, -0.15) is 0 Å². The van der Waals surface area contributed by atoms with Crippen LogP contribution >= 0.6 is 11.6 Å². The van der Waals surface area contributed by atoms with Crippen LogP contribution in [0.3, 0.4) is 0 Å². The molecule has 1 N–H and O–H groups in total. The highest BCUT2D eigenvalue weighted by molar-refractivity contribution is 6.31. The molecule has 0 radical (unpaired) electrons. The second-order valence-corrected chi connectivity index (χ2v) is 8.64. The van der Waals surface area contributed by atoms with E-state index < -0.39 is 5.60 Å². The fourth-order valence-corrected chi connectivity index (χ4v) is 4.72. The van der Waals surface area contributed by atoms with Crippen molar-refractivity contribution in [1.29, 1.82) is 0 Å². The number of piperazine rings is 1. The van der Waals surface area contributed by atoms with Gasteiger partial charge in [-0.1, -0.05) is 43.4 Å². The summed E-state index contributed by atoms with van der Waals surface area (Å²) in [6.07, 6.45) is 6.58. The van der Waals surface area contributed by atoms with E-state index in [1.807, 2.05) is 0 Å². The first-order valence-corrected chi connectivity index (χ1v) is 10.4. The van der Waals surface area contributed by atoms with Crippen molar-refractivity contribution < 1.29 is 9.50 Å². The normalized spacial score (nSPS) is 29.3. The summed E-state index contributed by atoms with van der Waals surface area (Å²) in [5.74, 6) is -0.131. The Morgan fingerprint density at radius 3 is 2.62 bits per heavy atom. The Morgan fingerprint density at radius 1 is 1.15 bits per heavy atom. The summed E-state index contributed by atoms with van der Waals surface area (Å²) in [4.78, 5) is 4.82. The van der Waals surface area contributed by atoms with Crippen LogP contribution in [0.15, 0.2) is 18.2 Å².